The van der Waals surface area contributed by atoms with E-state index < -0.39 is 0 Å². The van der Waals surface area contributed by atoms with Gasteiger partial charge in [-0.1, -0.05) is 34.2 Å². The van der Waals surface area contributed by atoms with Gasteiger partial charge in [0.15, 0.2) is 10.8 Å². The third-order valence-corrected chi connectivity index (χ3v) is 5.14. The summed E-state index contributed by atoms with van der Waals surface area (Å²) in [5, 5.41) is 11.5. The standard InChI is InChI=1S/C19H17N5O2S/c1-11-4-6-13(7-5-11)24-12(2)17(22-23-24)18(25)21-19-20-15-9-8-14(26-3)10-16(15)27-19/h4-10H,1-3H3,(H,20,21,25). The fourth-order valence-corrected chi connectivity index (χ4v) is 3.60. The number of aromatic nitrogens is 4. The number of anilines is 1. The van der Waals surface area contributed by atoms with Crippen molar-refractivity contribution in [1.29, 1.82) is 0 Å². The first kappa shape index (κ1) is 17.2. The van der Waals surface area contributed by atoms with Crippen LogP contribution in [0.25, 0.3) is 15.9 Å². The predicted molar refractivity (Wildman–Crippen MR) is 105 cm³/mol. The molecule has 27 heavy (non-hydrogen) atoms. The van der Waals surface area contributed by atoms with Crippen LogP contribution in [-0.2, 0) is 0 Å². The Balaban J connectivity index is 1.59. The first-order chi connectivity index (χ1) is 13.0. The number of methoxy groups -OCH3 is 1. The number of rotatable bonds is 4. The Morgan fingerprint density at radius 1 is 1.15 bits per heavy atom. The monoisotopic (exact) mass is 379 g/mol. The Hall–Kier alpha value is -3.26. The van der Waals surface area contributed by atoms with E-state index in [9.17, 15) is 4.79 Å². The molecule has 4 rings (SSSR count). The largest absolute Gasteiger partial charge is 0.497 e. The molecule has 0 spiro atoms. The van der Waals surface area contributed by atoms with Gasteiger partial charge in [-0.25, -0.2) is 9.67 Å². The van der Waals surface area contributed by atoms with Crippen molar-refractivity contribution >= 4 is 32.6 Å². The molecular weight excluding hydrogens is 362 g/mol. The first-order valence-corrected chi connectivity index (χ1v) is 9.12. The van der Waals surface area contributed by atoms with Crippen LogP contribution in [0, 0.1) is 13.8 Å². The van der Waals surface area contributed by atoms with Crippen LogP contribution in [0.15, 0.2) is 42.5 Å². The lowest BCUT2D eigenvalue weighted by Crippen LogP contribution is -2.14. The molecule has 1 amide bonds. The number of fused-ring (bicyclic) bond motifs is 1. The summed E-state index contributed by atoms with van der Waals surface area (Å²) in [5.74, 6) is 0.415. The number of amides is 1. The number of benzene rings is 2. The second-order valence-corrected chi connectivity index (χ2v) is 7.11. The average Bonchev–Trinajstić information content (AvgIpc) is 3.24. The van der Waals surface area contributed by atoms with Crippen LogP contribution in [0.5, 0.6) is 5.75 Å². The maximum Gasteiger partial charge on any atom is 0.279 e. The molecule has 0 aliphatic heterocycles. The van der Waals surface area contributed by atoms with Crippen molar-refractivity contribution in [3.8, 4) is 11.4 Å². The third kappa shape index (κ3) is 3.26. The third-order valence-electron chi connectivity index (χ3n) is 4.20. The average molecular weight is 379 g/mol. The van der Waals surface area contributed by atoms with E-state index >= 15 is 0 Å². The van der Waals surface area contributed by atoms with E-state index in [0.717, 1.165) is 27.2 Å². The van der Waals surface area contributed by atoms with Crippen LogP contribution in [0.2, 0.25) is 0 Å². The first-order valence-electron chi connectivity index (χ1n) is 8.30. The lowest BCUT2D eigenvalue weighted by atomic mass is 10.2. The van der Waals surface area contributed by atoms with Gasteiger partial charge in [-0.3, -0.25) is 10.1 Å². The van der Waals surface area contributed by atoms with Gasteiger partial charge in [0.1, 0.15) is 5.75 Å². The van der Waals surface area contributed by atoms with E-state index in [2.05, 4.69) is 20.6 Å². The normalized spacial score (nSPS) is 10.9. The van der Waals surface area contributed by atoms with Crippen LogP contribution >= 0.6 is 11.3 Å². The molecule has 2 aromatic heterocycles. The van der Waals surface area contributed by atoms with E-state index in [1.54, 1.807) is 11.8 Å². The summed E-state index contributed by atoms with van der Waals surface area (Å²) in [4.78, 5) is 17.1. The van der Waals surface area contributed by atoms with Crippen LogP contribution in [0.3, 0.4) is 0 Å². The topological polar surface area (TPSA) is 81.9 Å². The summed E-state index contributed by atoms with van der Waals surface area (Å²) in [6.07, 6.45) is 0. The lowest BCUT2D eigenvalue weighted by Gasteiger charge is -2.04. The van der Waals surface area contributed by atoms with Crippen LogP contribution in [-0.4, -0.2) is 33.0 Å². The number of ether oxygens (including phenoxy) is 1. The van der Waals surface area contributed by atoms with Crippen molar-refractivity contribution in [3.63, 3.8) is 0 Å². The Morgan fingerprint density at radius 3 is 2.67 bits per heavy atom. The van der Waals surface area contributed by atoms with Crippen LogP contribution in [0.1, 0.15) is 21.7 Å². The highest BCUT2D eigenvalue weighted by molar-refractivity contribution is 7.22. The van der Waals surface area contributed by atoms with Gasteiger partial charge in [0.25, 0.3) is 5.91 Å². The number of nitrogens with one attached hydrogen (secondary N) is 1. The second-order valence-electron chi connectivity index (χ2n) is 6.08. The van der Waals surface area contributed by atoms with Crippen molar-refractivity contribution in [2.75, 3.05) is 12.4 Å². The summed E-state index contributed by atoms with van der Waals surface area (Å²) < 4.78 is 7.81. The van der Waals surface area contributed by atoms with E-state index in [-0.39, 0.29) is 11.6 Å². The van der Waals surface area contributed by atoms with Gasteiger partial charge in [-0.05, 0) is 44.2 Å². The molecule has 0 bridgehead atoms. The smallest absolute Gasteiger partial charge is 0.279 e. The van der Waals surface area contributed by atoms with Crippen LogP contribution in [0.4, 0.5) is 5.13 Å². The van der Waals surface area contributed by atoms with Crippen molar-refractivity contribution in [1.82, 2.24) is 20.0 Å². The fourth-order valence-electron chi connectivity index (χ4n) is 2.71. The summed E-state index contributed by atoms with van der Waals surface area (Å²) in [6, 6.07) is 13.5. The maximum atomic E-state index is 12.6. The zero-order valence-corrected chi connectivity index (χ0v) is 15.9. The number of hydrogen-bond donors (Lipinski definition) is 1. The summed E-state index contributed by atoms with van der Waals surface area (Å²) in [5.41, 5.74) is 3.75. The molecule has 4 aromatic rings. The van der Waals surface area contributed by atoms with Crippen molar-refractivity contribution in [3.05, 3.63) is 59.4 Å². The second kappa shape index (κ2) is 6.81. The van der Waals surface area contributed by atoms with Crippen LogP contribution < -0.4 is 10.1 Å². The van der Waals surface area contributed by atoms with Gasteiger partial charge in [0.05, 0.1) is 28.7 Å². The van der Waals surface area contributed by atoms with E-state index in [1.165, 1.54) is 11.3 Å². The van der Waals surface area contributed by atoms with Crippen molar-refractivity contribution in [2.45, 2.75) is 13.8 Å². The molecule has 0 saturated carbocycles. The highest BCUT2D eigenvalue weighted by Crippen LogP contribution is 2.29. The van der Waals surface area contributed by atoms with Gasteiger partial charge in [0, 0.05) is 0 Å². The molecule has 0 saturated heterocycles. The molecule has 2 heterocycles. The molecule has 0 atom stereocenters. The Bertz CT molecular complexity index is 1130. The number of carbonyl (C=O) groups is 1. The highest BCUT2D eigenvalue weighted by Gasteiger charge is 2.19. The zero-order chi connectivity index (χ0) is 19.0. The highest BCUT2D eigenvalue weighted by atomic mass is 32.1. The number of thiazole rings is 1. The van der Waals surface area contributed by atoms with Gasteiger partial charge in [0.2, 0.25) is 0 Å². The Morgan fingerprint density at radius 2 is 1.93 bits per heavy atom. The van der Waals surface area contributed by atoms with Gasteiger partial charge in [-0.2, -0.15) is 0 Å². The van der Waals surface area contributed by atoms with Gasteiger partial charge < -0.3 is 4.74 Å². The summed E-state index contributed by atoms with van der Waals surface area (Å²) in [6.45, 7) is 3.84. The molecule has 1 N–H and O–H groups in total. The summed E-state index contributed by atoms with van der Waals surface area (Å²) in [7, 11) is 1.62. The zero-order valence-electron chi connectivity index (χ0n) is 15.1. The van der Waals surface area contributed by atoms with Crippen molar-refractivity contribution in [2.24, 2.45) is 0 Å². The summed E-state index contributed by atoms with van der Waals surface area (Å²) >= 11 is 1.38. The molecule has 0 radical (unpaired) electrons. The maximum absolute atomic E-state index is 12.6. The van der Waals surface area contributed by atoms with Crippen molar-refractivity contribution < 1.29 is 9.53 Å². The Labute approximate surface area is 159 Å². The quantitative estimate of drug-likeness (QED) is 0.584. The number of carbonyl (C=O) groups excluding carboxylic acids is 1. The van der Waals surface area contributed by atoms with E-state index in [4.69, 9.17) is 4.74 Å². The van der Waals surface area contributed by atoms with E-state index in [0.29, 0.717) is 10.8 Å². The number of aryl methyl sites for hydroxylation is 1. The molecule has 8 heteroatoms. The minimum Gasteiger partial charge on any atom is -0.497 e. The molecule has 136 valence electrons. The Kier molecular flexibility index (Phi) is 4.33. The van der Waals surface area contributed by atoms with Gasteiger partial charge >= 0.3 is 0 Å². The van der Waals surface area contributed by atoms with Gasteiger partial charge in [-0.15, -0.1) is 5.10 Å². The molecule has 2 aromatic carbocycles. The molecule has 0 unspecified atom stereocenters. The molecule has 0 aliphatic carbocycles. The number of hydrogen-bond acceptors (Lipinski definition) is 6. The molecule has 0 aliphatic rings. The minimum atomic E-state index is -0.336. The number of nitrogens with zero attached hydrogens (tertiary/aromatic N) is 4. The van der Waals surface area contributed by atoms with E-state index in [1.807, 2.05) is 56.3 Å². The lowest BCUT2D eigenvalue weighted by molar-refractivity contribution is 0.102. The molecule has 0 fully saturated rings. The molecule has 7 nitrogen and oxygen atoms in total. The predicted octanol–water partition coefficient (Wildman–Crippen LogP) is 3.75. The minimum absolute atomic E-state index is 0.271. The SMILES string of the molecule is COc1ccc2nc(NC(=O)c3nnn(-c4ccc(C)cc4)c3C)sc2c1. The molecular formula is C19H17N5O2S. The fraction of sp³-hybridized carbons (Fsp3) is 0.158.